The molecule has 0 aliphatic carbocycles. The van der Waals surface area contributed by atoms with E-state index in [1.807, 2.05) is 0 Å². The van der Waals surface area contributed by atoms with Gasteiger partial charge in [-0.1, -0.05) is 12.1 Å². The molecule has 1 aromatic carbocycles. The van der Waals surface area contributed by atoms with Crippen molar-refractivity contribution in [2.75, 3.05) is 25.5 Å². The van der Waals surface area contributed by atoms with Gasteiger partial charge in [0.15, 0.2) is 5.78 Å². The van der Waals surface area contributed by atoms with Gasteiger partial charge in [0.1, 0.15) is 18.0 Å². The van der Waals surface area contributed by atoms with Crippen molar-refractivity contribution in [1.82, 2.24) is 9.88 Å². The molecule has 0 unspecified atom stereocenters. The summed E-state index contributed by atoms with van der Waals surface area (Å²) in [6.45, 7) is 6.99. The third-order valence-electron chi connectivity index (χ3n) is 4.39. The zero-order valence-corrected chi connectivity index (χ0v) is 16.3. The number of H-pyrrole nitrogens is 1. The highest BCUT2D eigenvalue weighted by molar-refractivity contribution is 6.04. The quantitative estimate of drug-likeness (QED) is 0.732. The molecule has 27 heavy (non-hydrogen) atoms. The number of amides is 2. The summed E-state index contributed by atoms with van der Waals surface area (Å²) in [4.78, 5) is 41.5. The Morgan fingerprint density at radius 3 is 2.41 bits per heavy atom. The van der Waals surface area contributed by atoms with Crippen molar-refractivity contribution in [1.29, 1.82) is 0 Å². The van der Waals surface area contributed by atoms with Gasteiger partial charge in [-0.2, -0.15) is 0 Å². The normalized spacial score (nSPS) is 10.4. The van der Waals surface area contributed by atoms with Crippen LogP contribution in [0.15, 0.2) is 24.3 Å². The van der Waals surface area contributed by atoms with E-state index in [1.165, 1.54) is 18.9 Å². The zero-order chi connectivity index (χ0) is 20.1. The number of carbonyl (C=O) groups excluding carboxylic acids is 3. The van der Waals surface area contributed by atoms with Crippen LogP contribution in [0.4, 0.5) is 5.69 Å². The lowest BCUT2D eigenvalue weighted by atomic mass is 10.1. The summed E-state index contributed by atoms with van der Waals surface area (Å²) < 4.78 is 5.22. The molecule has 0 radical (unpaired) electrons. The Bertz CT molecular complexity index is 870. The zero-order valence-electron chi connectivity index (χ0n) is 16.3. The first-order chi connectivity index (χ1) is 12.8. The fraction of sp³-hybridized carbons (Fsp3) is 0.350. The summed E-state index contributed by atoms with van der Waals surface area (Å²) in [6.07, 6.45) is 0. The van der Waals surface area contributed by atoms with E-state index in [2.05, 4.69) is 10.3 Å². The third-order valence-corrected chi connectivity index (χ3v) is 4.39. The van der Waals surface area contributed by atoms with Crippen LogP contribution in [0.1, 0.15) is 46.0 Å². The number of ether oxygens (including phenoxy) is 1. The van der Waals surface area contributed by atoms with E-state index in [0.717, 1.165) is 0 Å². The van der Waals surface area contributed by atoms with E-state index in [4.69, 9.17) is 4.74 Å². The molecule has 2 amide bonds. The number of anilines is 1. The molecule has 0 aliphatic rings. The van der Waals surface area contributed by atoms with E-state index in [0.29, 0.717) is 40.5 Å². The van der Waals surface area contributed by atoms with Gasteiger partial charge in [0.25, 0.3) is 5.91 Å². The minimum absolute atomic E-state index is 0.0998. The number of methoxy groups -OCH3 is 1. The van der Waals surface area contributed by atoms with Crippen molar-refractivity contribution in [2.45, 2.75) is 27.7 Å². The molecule has 2 N–H and O–H groups in total. The molecule has 2 aromatic rings. The van der Waals surface area contributed by atoms with Crippen molar-refractivity contribution < 1.29 is 19.1 Å². The van der Waals surface area contributed by atoms with E-state index >= 15 is 0 Å². The average molecular weight is 371 g/mol. The number of carbonyl (C=O) groups is 3. The number of nitrogens with zero attached hydrogens (tertiary/aromatic N) is 1. The minimum atomic E-state index is -0.331. The molecule has 0 saturated carbocycles. The molecule has 0 spiro atoms. The fourth-order valence-corrected chi connectivity index (χ4v) is 3.09. The van der Waals surface area contributed by atoms with Crippen LogP contribution in [-0.2, 0) is 4.79 Å². The van der Waals surface area contributed by atoms with E-state index in [9.17, 15) is 14.4 Å². The molecule has 1 heterocycles. The highest BCUT2D eigenvalue weighted by Gasteiger charge is 2.24. The van der Waals surface area contributed by atoms with Crippen LogP contribution in [0.5, 0.6) is 5.75 Å². The second-order valence-electron chi connectivity index (χ2n) is 6.25. The molecule has 0 saturated heterocycles. The van der Waals surface area contributed by atoms with E-state index in [-0.39, 0.29) is 24.1 Å². The number of nitrogens with one attached hydrogen (secondary N) is 2. The van der Waals surface area contributed by atoms with Gasteiger partial charge in [0.05, 0.1) is 12.8 Å². The number of hydrogen-bond acceptors (Lipinski definition) is 4. The lowest BCUT2D eigenvalue weighted by Gasteiger charge is -2.20. The van der Waals surface area contributed by atoms with Crippen molar-refractivity contribution in [3.63, 3.8) is 0 Å². The van der Waals surface area contributed by atoms with Gasteiger partial charge in [-0.15, -0.1) is 0 Å². The van der Waals surface area contributed by atoms with Crippen LogP contribution < -0.4 is 10.1 Å². The van der Waals surface area contributed by atoms with Gasteiger partial charge < -0.3 is 19.9 Å². The average Bonchev–Trinajstić information content (AvgIpc) is 2.93. The Morgan fingerprint density at radius 1 is 1.19 bits per heavy atom. The molecule has 7 heteroatoms. The Morgan fingerprint density at radius 2 is 1.85 bits per heavy atom. The Balaban J connectivity index is 2.17. The molecular weight excluding hydrogens is 346 g/mol. The number of benzene rings is 1. The highest BCUT2D eigenvalue weighted by Crippen LogP contribution is 2.23. The smallest absolute Gasteiger partial charge is 0.271 e. The molecule has 1 aromatic heterocycles. The van der Waals surface area contributed by atoms with Crippen molar-refractivity contribution in [2.24, 2.45) is 0 Å². The lowest BCUT2D eigenvalue weighted by Crippen LogP contribution is -2.38. The summed E-state index contributed by atoms with van der Waals surface area (Å²) in [5, 5.41) is 2.76. The maximum absolute atomic E-state index is 12.9. The lowest BCUT2D eigenvalue weighted by molar-refractivity contribution is -0.116. The first-order valence-corrected chi connectivity index (χ1v) is 8.72. The number of Topliss-reactive ketones (excluding diaryl/α,β-unsaturated/α-hetero) is 1. The molecule has 0 aliphatic heterocycles. The first kappa shape index (κ1) is 20.2. The number of para-hydroxylation sites is 2. The van der Waals surface area contributed by atoms with Crippen molar-refractivity contribution in [3.05, 3.63) is 46.8 Å². The topological polar surface area (TPSA) is 91.5 Å². The number of rotatable bonds is 7. The molecule has 0 atom stereocenters. The fourth-order valence-electron chi connectivity index (χ4n) is 3.09. The Hall–Kier alpha value is -3.09. The Labute approximate surface area is 158 Å². The molecule has 2 rings (SSSR count). The Kier molecular flexibility index (Phi) is 6.39. The van der Waals surface area contributed by atoms with Crippen LogP contribution in [0, 0.1) is 13.8 Å². The number of aromatic nitrogens is 1. The number of ketones is 1. The first-order valence-electron chi connectivity index (χ1n) is 8.72. The number of aryl methyl sites for hydroxylation is 1. The largest absolute Gasteiger partial charge is 0.495 e. The molecular formula is C20H25N3O4. The minimum Gasteiger partial charge on any atom is -0.495 e. The SMILES string of the molecule is CCN(CC(=O)Nc1ccccc1OC)C(=O)c1[nH]c(C)c(C(C)=O)c1C. The van der Waals surface area contributed by atoms with Gasteiger partial charge in [-0.3, -0.25) is 14.4 Å². The summed E-state index contributed by atoms with van der Waals surface area (Å²) in [7, 11) is 1.52. The van der Waals surface area contributed by atoms with E-state index in [1.54, 1.807) is 45.0 Å². The van der Waals surface area contributed by atoms with Crippen LogP contribution in [0.2, 0.25) is 0 Å². The standard InChI is InChI=1S/C20H25N3O4/c1-6-23(11-17(25)22-15-9-7-8-10-16(15)27-5)20(26)19-12(2)18(14(4)24)13(3)21-19/h7-10,21H,6,11H2,1-5H3,(H,22,25). The van der Waals surface area contributed by atoms with Gasteiger partial charge in [-0.25, -0.2) is 0 Å². The van der Waals surface area contributed by atoms with Crippen molar-refractivity contribution in [3.8, 4) is 5.75 Å². The van der Waals surface area contributed by atoms with Gasteiger partial charge in [0, 0.05) is 17.8 Å². The van der Waals surface area contributed by atoms with Gasteiger partial charge in [-0.05, 0) is 45.4 Å². The summed E-state index contributed by atoms with van der Waals surface area (Å²) >= 11 is 0. The third kappa shape index (κ3) is 4.36. The molecule has 7 nitrogen and oxygen atoms in total. The molecule has 144 valence electrons. The van der Waals surface area contributed by atoms with Crippen LogP contribution in [-0.4, -0.2) is 47.7 Å². The molecule has 0 bridgehead atoms. The number of likely N-dealkylation sites (N-methyl/N-ethyl adjacent to an activating group) is 1. The van der Waals surface area contributed by atoms with Crippen LogP contribution in [0.25, 0.3) is 0 Å². The number of aromatic amines is 1. The maximum Gasteiger partial charge on any atom is 0.271 e. The predicted molar refractivity (Wildman–Crippen MR) is 103 cm³/mol. The monoisotopic (exact) mass is 371 g/mol. The predicted octanol–water partition coefficient (Wildman–Crippen LogP) is 2.94. The summed E-state index contributed by atoms with van der Waals surface area (Å²) in [6, 6.07) is 7.06. The maximum atomic E-state index is 12.9. The summed E-state index contributed by atoms with van der Waals surface area (Å²) in [5.41, 5.74) is 2.66. The molecule has 0 fully saturated rings. The second-order valence-corrected chi connectivity index (χ2v) is 6.25. The van der Waals surface area contributed by atoms with Crippen LogP contribution >= 0.6 is 0 Å². The summed E-state index contributed by atoms with van der Waals surface area (Å²) in [5.74, 6) is -0.206. The second kappa shape index (κ2) is 8.53. The number of hydrogen-bond donors (Lipinski definition) is 2. The van der Waals surface area contributed by atoms with E-state index < -0.39 is 0 Å². The highest BCUT2D eigenvalue weighted by atomic mass is 16.5. The van der Waals surface area contributed by atoms with Gasteiger partial charge in [0.2, 0.25) is 5.91 Å². The van der Waals surface area contributed by atoms with Crippen molar-refractivity contribution >= 4 is 23.3 Å². The van der Waals surface area contributed by atoms with Gasteiger partial charge >= 0.3 is 0 Å². The van der Waals surface area contributed by atoms with Crippen LogP contribution in [0.3, 0.4) is 0 Å².